The molecule has 6 nitrogen and oxygen atoms in total. The number of aromatic amines is 2. The van der Waals surface area contributed by atoms with E-state index in [2.05, 4.69) is 9.97 Å². The van der Waals surface area contributed by atoms with E-state index in [9.17, 15) is 17.6 Å². The normalized spacial score (nSPS) is 13.0. The summed E-state index contributed by atoms with van der Waals surface area (Å²) in [5.74, 6) is -2.48. The third-order valence-electron chi connectivity index (χ3n) is 8.60. The first kappa shape index (κ1) is 39.9. The van der Waals surface area contributed by atoms with Crippen LogP contribution < -0.4 is 0 Å². The molecule has 0 saturated heterocycles. The van der Waals surface area contributed by atoms with Gasteiger partial charge in [-0.3, -0.25) is 0 Å². The summed E-state index contributed by atoms with van der Waals surface area (Å²) >= 11 is 0. The molecule has 7 rings (SSSR count). The third kappa shape index (κ3) is 10.0. The summed E-state index contributed by atoms with van der Waals surface area (Å²) in [7, 11) is 0. The molecule has 0 spiro atoms. The summed E-state index contributed by atoms with van der Waals surface area (Å²) in [4.78, 5) is 16.5. The molecule has 2 N–H and O–H groups in total. The summed E-state index contributed by atoms with van der Waals surface area (Å²) in [6.07, 6.45) is 7.71. The molecule has 2 aromatic carbocycles. The van der Waals surface area contributed by atoms with Crippen LogP contribution in [0.25, 0.3) is 46.4 Å². The third-order valence-corrected chi connectivity index (χ3v) is 8.60. The molecule has 2 aliphatic rings. The van der Waals surface area contributed by atoms with Crippen molar-refractivity contribution in [2.75, 3.05) is 13.2 Å². The van der Waals surface area contributed by atoms with Crippen molar-refractivity contribution in [2.45, 2.75) is 38.9 Å². The molecule has 2 aliphatic heterocycles. The fourth-order valence-electron chi connectivity index (χ4n) is 6.21. The molecular formula is C40H34F4N4Na2O2. The van der Waals surface area contributed by atoms with E-state index in [1.807, 2.05) is 74.5 Å². The van der Waals surface area contributed by atoms with Crippen LogP contribution in [0.1, 0.15) is 71.1 Å². The van der Waals surface area contributed by atoms with Gasteiger partial charge in [0, 0.05) is 104 Å². The molecule has 2 radical (unpaired) electrons. The second-order valence-corrected chi connectivity index (χ2v) is 12.4. The van der Waals surface area contributed by atoms with Gasteiger partial charge in [-0.1, -0.05) is 0 Å². The van der Waals surface area contributed by atoms with Gasteiger partial charge < -0.3 is 19.4 Å². The Hall–Kier alpha value is -3.32. The van der Waals surface area contributed by atoms with Crippen LogP contribution in [0.5, 0.6) is 0 Å². The molecule has 2 atom stereocenters. The maximum absolute atomic E-state index is 13.7. The number of nitrogens with zero attached hydrogens (tertiary/aromatic N) is 2. The van der Waals surface area contributed by atoms with Crippen molar-refractivity contribution in [2.24, 2.45) is 0 Å². The van der Waals surface area contributed by atoms with Gasteiger partial charge in [0.1, 0.15) is 23.3 Å². The average molecular weight is 725 g/mol. The standard InChI is InChI=1S/C40H34F4N4O2.2Na/c1-23(49-9-7-25-11-27(41)15-28(42)12-25)37-19-35-18-33-4-3-31(45-33)17-32-5-6-34(46-32)21-39-38(20-36(48-39)22-40(37)47-35)24(2)50-10-8-26-13-29(43)16-30(44)14-26;;/h3-6,11-24,47-48H,7-10H2,1-2H3;;. The predicted octanol–water partition coefficient (Wildman–Crippen LogP) is 9.09. The predicted molar refractivity (Wildman–Crippen MR) is 199 cm³/mol. The minimum atomic E-state index is -0.620. The fourth-order valence-corrected chi connectivity index (χ4v) is 6.21. The van der Waals surface area contributed by atoms with Crippen molar-refractivity contribution in [3.05, 3.63) is 141 Å². The zero-order valence-corrected chi connectivity index (χ0v) is 33.4. The van der Waals surface area contributed by atoms with Crippen LogP contribution in [0, 0.1) is 23.3 Å². The molecule has 256 valence electrons. The maximum atomic E-state index is 13.7. The van der Waals surface area contributed by atoms with E-state index in [0.29, 0.717) is 24.0 Å². The van der Waals surface area contributed by atoms with Crippen molar-refractivity contribution in [1.29, 1.82) is 0 Å². The largest absolute Gasteiger partial charge is 0.373 e. The number of hydrogen-bond donors (Lipinski definition) is 2. The SMILES string of the molecule is CC(OCCc1cc(F)cc(F)c1)c1cc2cc3[nH]c(cc4nc(cc5nc(cc1[nH]2)C=C5)C=C4)cc3C(C)OCCc1cc(F)cc(F)c1.[Na].[Na]. The number of ether oxygens (including phenoxy) is 2. The van der Waals surface area contributed by atoms with Gasteiger partial charge in [-0.25, -0.2) is 27.5 Å². The molecule has 3 aromatic heterocycles. The van der Waals surface area contributed by atoms with E-state index < -0.39 is 23.3 Å². The summed E-state index contributed by atoms with van der Waals surface area (Å²) in [5.41, 5.74) is 9.12. The second kappa shape index (κ2) is 17.7. The van der Waals surface area contributed by atoms with Gasteiger partial charge in [-0.15, -0.1) is 0 Å². The van der Waals surface area contributed by atoms with Crippen molar-refractivity contribution >= 4 is 105 Å². The Morgan fingerprint density at radius 1 is 0.500 bits per heavy atom. The van der Waals surface area contributed by atoms with Crippen molar-refractivity contribution in [3.8, 4) is 0 Å². The van der Waals surface area contributed by atoms with Crippen molar-refractivity contribution < 1.29 is 27.0 Å². The molecule has 5 heterocycles. The van der Waals surface area contributed by atoms with Crippen LogP contribution in [0.4, 0.5) is 17.6 Å². The number of nitrogens with one attached hydrogen (secondary N) is 2. The quantitative estimate of drug-likeness (QED) is 0.109. The summed E-state index contributed by atoms with van der Waals surface area (Å²) in [6, 6.07) is 18.8. The minimum absolute atomic E-state index is 0. The van der Waals surface area contributed by atoms with Gasteiger partial charge in [0.25, 0.3) is 0 Å². The van der Waals surface area contributed by atoms with Gasteiger partial charge in [0.05, 0.1) is 48.2 Å². The molecule has 0 amide bonds. The van der Waals surface area contributed by atoms with Gasteiger partial charge in [0.2, 0.25) is 0 Å². The first-order valence-electron chi connectivity index (χ1n) is 16.4. The number of hydrogen-bond acceptors (Lipinski definition) is 4. The van der Waals surface area contributed by atoms with Gasteiger partial charge in [-0.05, 0) is 123 Å². The van der Waals surface area contributed by atoms with Gasteiger partial charge in [0.15, 0.2) is 0 Å². The maximum Gasteiger partial charge on any atom is 0.126 e. The number of fused-ring (bicyclic) bond motifs is 8. The fraction of sp³-hybridized carbons (Fsp3) is 0.200. The number of benzene rings is 2. The Bertz CT molecular complexity index is 2260. The zero-order valence-electron chi connectivity index (χ0n) is 29.4. The number of halogens is 4. The Morgan fingerprint density at radius 2 is 0.885 bits per heavy atom. The van der Waals surface area contributed by atoms with Gasteiger partial charge in [-0.2, -0.15) is 0 Å². The molecule has 12 heteroatoms. The molecule has 52 heavy (non-hydrogen) atoms. The molecule has 0 saturated carbocycles. The van der Waals surface area contributed by atoms with Crippen LogP contribution in [0.3, 0.4) is 0 Å². The molecule has 2 unspecified atom stereocenters. The number of H-pyrrole nitrogens is 2. The van der Waals surface area contributed by atoms with Crippen LogP contribution in [-0.2, 0) is 22.3 Å². The summed E-state index contributed by atoms with van der Waals surface area (Å²) < 4.78 is 67.3. The van der Waals surface area contributed by atoms with E-state index in [-0.39, 0.29) is 84.5 Å². The Labute approximate surface area is 343 Å². The number of rotatable bonds is 10. The molecular weight excluding hydrogens is 690 g/mol. The van der Waals surface area contributed by atoms with E-state index in [4.69, 9.17) is 19.4 Å². The Morgan fingerprint density at radius 3 is 1.35 bits per heavy atom. The molecule has 5 aromatic rings. The molecule has 0 fully saturated rings. The monoisotopic (exact) mass is 724 g/mol. The first-order valence-corrected chi connectivity index (χ1v) is 16.4. The molecule has 0 aliphatic carbocycles. The summed E-state index contributed by atoms with van der Waals surface area (Å²) in [5, 5.41) is 0. The first-order chi connectivity index (χ1) is 24.1. The Balaban J connectivity index is 0.00000261. The smallest absolute Gasteiger partial charge is 0.126 e. The summed E-state index contributed by atoms with van der Waals surface area (Å²) in [6.45, 7) is 4.38. The van der Waals surface area contributed by atoms with E-state index >= 15 is 0 Å². The van der Waals surface area contributed by atoms with Crippen LogP contribution >= 0.6 is 0 Å². The zero-order chi connectivity index (χ0) is 34.8. The average Bonchev–Trinajstić information content (AvgIpc) is 3.85. The Kier molecular flexibility index (Phi) is 13.6. The van der Waals surface area contributed by atoms with Crippen molar-refractivity contribution in [3.63, 3.8) is 0 Å². The van der Waals surface area contributed by atoms with Crippen LogP contribution in [-0.4, -0.2) is 92.3 Å². The van der Waals surface area contributed by atoms with Crippen LogP contribution in [0.15, 0.2) is 72.8 Å². The van der Waals surface area contributed by atoms with E-state index in [0.717, 1.165) is 68.1 Å². The topological polar surface area (TPSA) is 75.8 Å². The van der Waals surface area contributed by atoms with Crippen LogP contribution in [0.2, 0.25) is 0 Å². The van der Waals surface area contributed by atoms with Crippen molar-refractivity contribution in [1.82, 2.24) is 19.9 Å². The number of aromatic nitrogens is 4. The van der Waals surface area contributed by atoms with Gasteiger partial charge >= 0.3 is 0 Å². The molecule has 8 bridgehead atoms. The van der Waals surface area contributed by atoms with E-state index in [1.54, 1.807) is 0 Å². The second-order valence-electron chi connectivity index (χ2n) is 12.4. The van der Waals surface area contributed by atoms with E-state index in [1.165, 1.54) is 24.3 Å². The minimum Gasteiger partial charge on any atom is -0.373 e.